The molecule has 3 heterocycles. The Hall–Kier alpha value is -2.86. The van der Waals surface area contributed by atoms with Gasteiger partial charge < -0.3 is 10.2 Å². The zero-order chi connectivity index (χ0) is 20.3. The smallest absolute Gasteiger partial charge is 0.222 e. The van der Waals surface area contributed by atoms with Crippen molar-refractivity contribution < 1.29 is 0 Å². The van der Waals surface area contributed by atoms with Crippen molar-refractivity contribution in [3.63, 3.8) is 0 Å². The van der Waals surface area contributed by atoms with Crippen molar-refractivity contribution in [2.75, 3.05) is 32.0 Å². The van der Waals surface area contributed by atoms with Crippen LogP contribution in [0.5, 0.6) is 0 Å². The van der Waals surface area contributed by atoms with Gasteiger partial charge in [-0.05, 0) is 81.4 Å². The van der Waals surface area contributed by atoms with E-state index in [1.807, 2.05) is 12.3 Å². The molecule has 0 radical (unpaired) electrons. The number of anilines is 1. The van der Waals surface area contributed by atoms with E-state index in [1.54, 1.807) is 12.4 Å². The molecule has 0 bridgehead atoms. The first-order valence-corrected chi connectivity index (χ1v) is 11.0. The van der Waals surface area contributed by atoms with Gasteiger partial charge in [-0.25, -0.2) is 9.97 Å². The number of hydrogen-bond acceptors (Lipinski definition) is 6. The minimum Gasteiger partial charge on any atom is -0.354 e. The fraction of sp³-hybridized carbons (Fsp3) is 0.417. The number of likely N-dealkylation sites (tertiary alicyclic amines) is 1. The van der Waals surface area contributed by atoms with Crippen LogP contribution in [0.3, 0.4) is 0 Å². The monoisotopic (exact) mass is 400 g/mol. The summed E-state index contributed by atoms with van der Waals surface area (Å²) in [6.07, 6.45) is 13.4. The van der Waals surface area contributed by atoms with E-state index in [1.165, 1.54) is 31.5 Å². The molecule has 30 heavy (non-hydrogen) atoms. The third kappa shape index (κ3) is 4.05. The fourth-order valence-corrected chi connectivity index (χ4v) is 4.45. The van der Waals surface area contributed by atoms with Gasteiger partial charge in [0.05, 0.1) is 16.7 Å². The van der Waals surface area contributed by atoms with Gasteiger partial charge in [0.25, 0.3) is 0 Å². The minimum absolute atomic E-state index is 0.706. The third-order valence-corrected chi connectivity index (χ3v) is 6.29. The SMILES string of the molecule is CN1CCC(CNc2ncc3c(n2)CCCC=C3c2ccc3nccnc3c2)CC1. The van der Waals surface area contributed by atoms with Crippen LogP contribution in [0.25, 0.3) is 16.6 Å². The number of fused-ring (bicyclic) bond motifs is 2. The lowest BCUT2D eigenvalue weighted by atomic mass is 9.97. The summed E-state index contributed by atoms with van der Waals surface area (Å²) in [7, 11) is 2.20. The van der Waals surface area contributed by atoms with Gasteiger partial charge >= 0.3 is 0 Å². The van der Waals surface area contributed by atoms with Crippen LogP contribution in [0.15, 0.2) is 42.9 Å². The Balaban J connectivity index is 1.38. The molecule has 0 amide bonds. The highest BCUT2D eigenvalue weighted by atomic mass is 15.1. The predicted molar refractivity (Wildman–Crippen MR) is 120 cm³/mol. The van der Waals surface area contributed by atoms with Crippen LogP contribution < -0.4 is 5.32 Å². The Labute approximate surface area is 177 Å². The lowest BCUT2D eigenvalue weighted by molar-refractivity contribution is 0.226. The van der Waals surface area contributed by atoms with Crippen molar-refractivity contribution in [3.05, 3.63) is 59.7 Å². The van der Waals surface area contributed by atoms with E-state index < -0.39 is 0 Å². The zero-order valence-corrected chi connectivity index (χ0v) is 17.5. The number of piperidine rings is 1. The molecule has 0 atom stereocenters. The molecule has 2 aromatic heterocycles. The van der Waals surface area contributed by atoms with Gasteiger partial charge in [0.1, 0.15) is 0 Å². The molecule has 6 nitrogen and oxygen atoms in total. The molecule has 1 aromatic carbocycles. The lowest BCUT2D eigenvalue weighted by Gasteiger charge is -2.29. The first-order valence-electron chi connectivity index (χ1n) is 11.0. The Morgan fingerprint density at radius 3 is 2.77 bits per heavy atom. The third-order valence-electron chi connectivity index (χ3n) is 6.29. The Kier molecular flexibility index (Phi) is 5.41. The maximum absolute atomic E-state index is 4.91. The molecule has 1 aliphatic heterocycles. The second kappa shape index (κ2) is 8.48. The lowest BCUT2D eigenvalue weighted by Crippen LogP contribution is -2.33. The van der Waals surface area contributed by atoms with E-state index >= 15 is 0 Å². The van der Waals surface area contributed by atoms with Crippen molar-refractivity contribution in [2.45, 2.75) is 32.1 Å². The molecule has 1 fully saturated rings. The molecule has 5 rings (SSSR count). The van der Waals surface area contributed by atoms with Gasteiger partial charge in [0.2, 0.25) is 5.95 Å². The maximum Gasteiger partial charge on any atom is 0.222 e. The summed E-state index contributed by atoms with van der Waals surface area (Å²) in [6.45, 7) is 3.32. The summed E-state index contributed by atoms with van der Waals surface area (Å²) in [4.78, 5) is 20.8. The number of nitrogens with one attached hydrogen (secondary N) is 1. The largest absolute Gasteiger partial charge is 0.354 e. The summed E-state index contributed by atoms with van der Waals surface area (Å²) in [5.74, 6) is 1.47. The Morgan fingerprint density at radius 1 is 1.07 bits per heavy atom. The van der Waals surface area contributed by atoms with E-state index in [0.29, 0.717) is 5.92 Å². The van der Waals surface area contributed by atoms with Crippen LogP contribution in [-0.4, -0.2) is 51.5 Å². The van der Waals surface area contributed by atoms with Crippen molar-refractivity contribution in [2.24, 2.45) is 5.92 Å². The normalized spacial score (nSPS) is 18.0. The molecule has 154 valence electrons. The highest BCUT2D eigenvalue weighted by Crippen LogP contribution is 2.31. The first-order chi connectivity index (χ1) is 14.8. The van der Waals surface area contributed by atoms with E-state index in [2.05, 4.69) is 50.4 Å². The molecule has 1 saturated heterocycles. The summed E-state index contributed by atoms with van der Waals surface area (Å²) in [6, 6.07) is 6.29. The molecule has 0 spiro atoms. The Bertz CT molecular complexity index is 1070. The van der Waals surface area contributed by atoms with E-state index in [4.69, 9.17) is 4.98 Å². The maximum atomic E-state index is 4.91. The number of nitrogens with zero attached hydrogens (tertiary/aromatic N) is 5. The number of benzene rings is 1. The van der Waals surface area contributed by atoms with Crippen molar-refractivity contribution in [1.82, 2.24) is 24.8 Å². The molecule has 2 aliphatic rings. The van der Waals surface area contributed by atoms with Crippen molar-refractivity contribution in [1.29, 1.82) is 0 Å². The number of hydrogen-bond donors (Lipinski definition) is 1. The van der Waals surface area contributed by atoms with E-state index in [0.717, 1.165) is 59.6 Å². The minimum atomic E-state index is 0.706. The van der Waals surface area contributed by atoms with Gasteiger partial charge in [-0.15, -0.1) is 0 Å². The van der Waals surface area contributed by atoms with Crippen LogP contribution in [0.4, 0.5) is 5.95 Å². The van der Waals surface area contributed by atoms with Crippen LogP contribution in [-0.2, 0) is 6.42 Å². The molecule has 6 heteroatoms. The fourth-order valence-electron chi connectivity index (χ4n) is 4.45. The molecular weight excluding hydrogens is 372 g/mol. The van der Waals surface area contributed by atoms with Gasteiger partial charge in [-0.3, -0.25) is 9.97 Å². The van der Waals surface area contributed by atoms with Crippen LogP contribution >= 0.6 is 0 Å². The molecule has 3 aromatic rings. The van der Waals surface area contributed by atoms with Crippen LogP contribution in [0.1, 0.15) is 42.5 Å². The highest BCUT2D eigenvalue weighted by molar-refractivity contribution is 5.86. The summed E-state index contributed by atoms with van der Waals surface area (Å²) in [5, 5.41) is 3.50. The topological polar surface area (TPSA) is 66.8 Å². The zero-order valence-electron chi connectivity index (χ0n) is 17.5. The first kappa shape index (κ1) is 19.1. The molecule has 1 aliphatic carbocycles. The standard InChI is InChI=1S/C24H28N6/c1-30-12-8-17(9-13-30)15-27-24-28-16-20-19(4-2-3-5-21(20)29-24)18-6-7-22-23(14-18)26-11-10-25-22/h4,6-7,10-11,14,16-17H,2-3,5,8-9,12-13,15H2,1H3,(H,27,28,29). The Morgan fingerprint density at radius 2 is 1.90 bits per heavy atom. The average molecular weight is 401 g/mol. The van der Waals surface area contributed by atoms with E-state index in [9.17, 15) is 0 Å². The summed E-state index contributed by atoms with van der Waals surface area (Å²) >= 11 is 0. The molecular formula is C24H28N6. The molecule has 1 N–H and O–H groups in total. The number of aryl methyl sites for hydroxylation is 1. The molecule has 0 saturated carbocycles. The van der Waals surface area contributed by atoms with Crippen molar-refractivity contribution >= 4 is 22.6 Å². The number of aromatic nitrogens is 4. The van der Waals surface area contributed by atoms with E-state index in [-0.39, 0.29) is 0 Å². The number of rotatable bonds is 4. The quantitative estimate of drug-likeness (QED) is 0.715. The second-order valence-electron chi connectivity index (χ2n) is 8.45. The van der Waals surface area contributed by atoms with Crippen LogP contribution in [0.2, 0.25) is 0 Å². The van der Waals surface area contributed by atoms with Crippen LogP contribution in [0, 0.1) is 5.92 Å². The predicted octanol–water partition coefficient (Wildman–Crippen LogP) is 3.94. The summed E-state index contributed by atoms with van der Waals surface area (Å²) in [5.41, 5.74) is 6.47. The summed E-state index contributed by atoms with van der Waals surface area (Å²) < 4.78 is 0. The van der Waals surface area contributed by atoms with Gasteiger partial charge in [0.15, 0.2) is 0 Å². The molecule has 0 unspecified atom stereocenters. The average Bonchev–Trinajstić information content (AvgIpc) is 3.00. The highest BCUT2D eigenvalue weighted by Gasteiger charge is 2.19. The number of allylic oxidation sites excluding steroid dienone is 1. The van der Waals surface area contributed by atoms with Crippen molar-refractivity contribution in [3.8, 4) is 0 Å². The van der Waals surface area contributed by atoms with Gasteiger partial charge in [-0.1, -0.05) is 12.1 Å². The van der Waals surface area contributed by atoms with Gasteiger partial charge in [0, 0.05) is 30.7 Å². The van der Waals surface area contributed by atoms with Gasteiger partial charge in [-0.2, -0.15) is 0 Å². The second-order valence-corrected chi connectivity index (χ2v) is 8.45.